The lowest BCUT2D eigenvalue weighted by atomic mass is 9.97. The van der Waals surface area contributed by atoms with Crippen LogP contribution < -0.4 is 16.0 Å². The molecular weight excluding hydrogens is 351 g/mol. The van der Waals surface area contributed by atoms with Gasteiger partial charge >= 0.3 is 6.03 Å². The molecule has 0 aromatic heterocycles. The number of para-hydroxylation sites is 1. The van der Waals surface area contributed by atoms with Gasteiger partial charge in [-0.25, -0.2) is 9.18 Å². The first-order chi connectivity index (χ1) is 12.9. The molecule has 0 unspecified atom stereocenters. The van der Waals surface area contributed by atoms with E-state index in [2.05, 4.69) is 16.0 Å². The third kappa shape index (κ3) is 5.94. The molecule has 0 bridgehead atoms. The summed E-state index contributed by atoms with van der Waals surface area (Å²) in [5.41, 5.74) is 0.107. The zero-order chi connectivity index (χ0) is 19.8. The van der Waals surface area contributed by atoms with Crippen molar-refractivity contribution < 1.29 is 18.8 Å². The average molecular weight is 378 g/mol. The largest absolute Gasteiger partial charge is 0.354 e. The van der Waals surface area contributed by atoms with Gasteiger partial charge in [-0.05, 0) is 38.3 Å². The summed E-state index contributed by atoms with van der Waals surface area (Å²) < 4.78 is 13.7. The van der Waals surface area contributed by atoms with E-state index in [-0.39, 0.29) is 24.0 Å². The topological polar surface area (TPSA) is 90.5 Å². The summed E-state index contributed by atoms with van der Waals surface area (Å²) in [5.74, 6) is -1.39. The molecule has 1 heterocycles. The van der Waals surface area contributed by atoms with Gasteiger partial charge in [-0.1, -0.05) is 19.1 Å². The van der Waals surface area contributed by atoms with Crippen LogP contribution in [0.2, 0.25) is 0 Å². The number of hydrogen-bond donors (Lipinski definition) is 3. The van der Waals surface area contributed by atoms with Crippen LogP contribution in [0, 0.1) is 11.7 Å². The lowest BCUT2D eigenvalue weighted by Crippen LogP contribution is -2.51. The second-order valence-electron chi connectivity index (χ2n) is 6.72. The Hall–Kier alpha value is -2.64. The second kappa shape index (κ2) is 9.89. The van der Waals surface area contributed by atoms with Crippen molar-refractivity contribution in [1.29, 1.82) is 0 Å². The average Bonchev–Trinajstić information content (AvgIpc) is 2.67. The predicted molar refractivity (Wildman–Crippen MR) is 101 cm³/mol. The summed E-state index contributed by atoms with van der Waals surface area (Å²) in [4.78, 5) is 38.2. The van der Waals surface area contributed by atoms with Crippen molar-refractivity contribution in [2.45, 2.75) is 39.2 Å². The van der Waals surface area contributed by atoms with Crippen LogP contribution in [-0.2, 0) is 9.59 Å². The molecule has 0 radical (unpaired) electrons. The van der Waals surface area contributed by atoms with Gasteiger partial charge in [-0.2, -0.15) is 0 Å². The molecule has 148 valence electrons. The van der Waals surface area contributed by atoms with E-state index in [4.69, 9.17) is 0 Å². The van der Waals surface area contributed by atoms with Crippen LogP contribution in [0.15, 0.2) is 24.3 Å². The van der Waals surface area contributed by atoms with Crippen LogP contribution >= 0.6 is 0 Å². The number of anilines is 1. The van der Waals surface area contributed by atoms with Crippen LogP contribution in [0.5, 0.6) is 0 Å². The number of nitrogens with one attached hydrogen (secondary N) is 3. The summed E-state index contributed by atoms with van der Waals surface area (Å²) in [6.45, 7) is 4.87. The Morgan fingerprint density at radius 1 is 1.30 bits per heavy atom. The zero-order valence-electron chi connectivity index (χ0n) is 15.8. The molecule has 0 saturated carbocycles. The third-order valence-corrected chi connectivity index (χ3v) is 4.50. The molecule has 2 rings (SSSR count). The Morgan fingerprint density at radius 2 is 2.04 bits per heavy atom. The van der Waals surface area contributed by atoms with Crippen molar-refractivity contribution >= 4 is 23.5 Å². The molecule has 1 aromatic rings. The number of hydrogen-bond acceptors (Lipinski definition) is 3. The lowest BCUT2D eigenvalue weighted by molar-refractivity contribution is -0.131. The van der Waals surface area contributed by atoms with Gasteiger partial charge in [0, 0.05) is 19.6 Å². The van der Waals surface area contributed by atoms with Crippen molar-refractivity contribution in [3.63, 3.8) is 0 Å². The minimum atomic E-state index is -0.633. The Balaban J connectivity index is 1.89. The molecular formula is C19H27FN4O3. The summed E-state index contributed by atoms with van der Waals surface area (Å²) >= 11 is 0. The molecule has 0 spiro atoms. The van der Waals surface area contributed by atoms with Crippen LogP contribution in [0.25, 0.3) is 0 Å². The molecule has 7 nitrogen and oxygen atoms in total. The fraction of sp³-hybridized carbons (Fsp3) is 0.526. The molecule has 1 fully saturated rings. The van der Waals surface area contributed by atoms with Gasteiger partial charge in [0.05, 0.1) is 11.6 Å². The molecule has 1 aliphatic heterocycles. The highest BCUT2D eigenvalue weighted by Gasteiger charge is 2.30. The van der Waals surface area contributed by atoms with E-state index in [1.54, 1.807) is 19.1 Å². The van der Waals surface area contributed by atoms with Crippen molar-refractivity contribution in [2.75, 3.05) is 25.0 Å². The van der Waals surface area contributed by atoms with E-state index in [0.29, 0.717) is 25.9 Å². The maximum atomic E-state index is 13.7. The predicted octanol–water partition coefficient (Wildman–Crippen LogP) is 2.10. The number of rotatable bonds is 6. The number of likely N-dealkylation sites (tertiary alicyclic amines) is 1. The molecule has 1 saturated heterocycles. The Kier molecular flexibility index (Phi) is 7.57. The molecule has 4 amide bonds. The van der Waals surface area contributed by atoms with Crippen LogP contribution in [0.3, 0.4) is 0 Å². The smallest absolute Gasteiger partial charge is 0.321 e. The molecule has 1 aromatic carbocycles. The fourth-order valence-corrected chi connectivity index (χ4v) is 2.93. The molecule has 0 aliphatic carbocycles. The van der Waals surface area contributed by atoms with E-state index in [1.807, 2.05) is 6.92 Å². The first-order valence-corrected chi connectivity index (χ1v) is 9.31. The monoisotopic (exact) mass is 378 g/mol. The fourth-order valence-electron chi connectivity index (χ4n) is 2.93. The second-order valence-corrected chi connectivity index (χ2v) is 6.72. The van der Waals surface area contributed by atoms with E-state index in [1.165, 1.54) is 17.0 Å². The number of halogens is 1. The summed E-state index contributed by atoms with van der Waals surface area (Å²) in [6, 6.07) is 4.86. The van der Waals surface area contributed by atoms with Gasteiger partial charge in [-0.15, -0.1) is 0 Å². The Labute approximate surface area is 158 Å². The van der Waals surface area contributed by atoms with E-state index in [9.17, 15) is 18.8 Å². The Bertz CT molecular complexity index is 683. The van der Waals surface area contributed by atoms with Crippen molar-refractivity contribution in [1.82, 2.24) is 15.5 Å². The van der Waals surface area contributed by atoms with E-state index < -0.39 is 23.8 Å². The minimum absolute atomic E-state index is 0.107. The number of urea groups is 1. The number of nitrogens with zero attached hydrogens (tertiary/aromatic N) is 1. The summed E-state index contributed by atoms with van der Waals surface area (Å²) in [5, 5.41) is 7.98. The van der Waals surface area contributed by atoms with Crippen molar-refractivity contribution in [3.05, 3.63) is 30.1 Å². The highest BCUT2D eigenvalue weighted by molar-refractivity contribution is 5.91. The van der Waals surface area contributed by atoms with Crippen LogP contribution in [0.4, 0.5) is 14.9 Å². The summed E-state index contributed by atoms with van der Waals surface area (Å²) in [6.07, 6.45) is 2.12. The first kappa shape index (κ1) is 20.7. The number of benzene rings is 1. The van der Waals surface area contributed by atoms with Gasteiger partial charge in [0.1, 0.15) is 11.9 Å². The van der Waals surface area contributed by atoms with E-state index >= 15 is 0 Å². The highest BCUT2D eigenvalue weighted by Crippen LogP contribution is 2.19. The van der Waals surface area contributed by atoms with Crippen LogP contribution in [0.1, 0.15) is 33.1 Å². The van der Waals surface area contributed by atoms with Gasteiger partial charge in [0.2, 0.25) is 11.8 Å². The van der Waals surface area contributed by atoms with Gasteiger partial charge in [-0.3, -0.25) is 9.59 Å². The zero-order valence-corrected chi connectivity index (χ0v) is 15.8. The van der Waals surface area contributed by atoms with Gasteiger partial charge in [0.15, 0.2) is 0 Å². The van der Waals surface area contributed by atoms with Crippen molar-refractivity contribution in [2.24, 2.45) is 5.92 Å². The number of amides is 4. The normalized spacial score (nSPS) is 17.7. The number of carbonyl (C=O) groups is 3. The number of carbonyl (C=O) groups excluding carboxylic acids is 3. The maximum Gasteiger partial charge on any atom is 0.321 e. The van der Waals surface area contributed by atoms with Gasteiger partial charge < -0.3 is 20.9 Å². The van der Waals surface area contributed by atoms with Gasteiger partial charge in [0.25, 0.3) is 0 Å². The molecule has 27 heavy (non-hydrogen) atoms. The van der Waals surface area contributed by atoms with E-state index in [0.717, 1.165) is 6.42 Å². The molecule has 8 heteroatoms. The Morgan fingerprint density at radius 3 is 2.74 bits per heavy atom. The van der Waals surface area contributed by atoms with Crippen molar-refractivity contribution in [3.8, 4) is 0 Å². The minimum Gasteiger partial charge on any atom is -0.354 e. The standard InChI is InChI=1S/C19H27FN4O3/c1-3-10-21-17(25)13(2)22-18(26)14-7-6-11-24(12-14)19(27)23-16-9-5-4-8-15(16)20/h4-5,8-9,13-14H,3,6-7,10-12H2,1-2H3,(H,21,25)(H,22,26)(H,23,27)/t13-,14+/m0/s1. The molecule has 3 N–H and O–H groups in total. The molecule has 1 aliphatic rings. The summed E-state index contributed by atoms with van der Waals surface area (Å²) in [7, 11) is 0. The number of piperidine rings is 1. The highest BCUT2D eigenvalue weighted by atomic mass is 19.1. The molecule has 2 atom stereocenters. The first-order valence-electron chi connectivity index (χ1n) is 9.31. The SMILES string of the molecule is CCCNC(=O)[C@H](C)NC(=O)[C@@H]1CCCN(C(=O)Nc2ccccc2F)C1. The lowest BCUT2D eigenvalue weighted by Gasteiger charge is -2.32. The third-order valence-electron chi connectivity index (χ3n) is 4.50. The van der Waals surface area contributed by atoms with Crippen LogP contribution in [-0.4, -0.2) is 48.4 Å². The maximum absolute atomic E-state index is 13.7. The quantitative estimate of drug-likeness (QED) is 0.708.